The van der Waals surface area contributed by atoms with Gasteiger partial charge in [-0.1, -0.05) is 78.9 Å². The van der Waals surface area contributed by atoms with Crippen molar-refractivity contribution < 1.29 is 26.3 Å². The number of nitrogens with zero attached hydrogens (tertiary/aromatic N) is 4. The Kier molecular flexibility index (Phi) is 7.44. The molecule has 0 bridgehead atoms. The van der Waals surface area contributed by atoms with E-state index in [1.54, 1.807) is 48.5 Å². The van der Waals surface area contributed by atoms with Crippen LogP contribution >= 0.6 is 0 Å². The smallest absolute Gasteiger partial charge is 0.181 e. The maximum atomic E-state index is 13.6. The third kappa shape index (κ3) is 5.24. The van der Waals surface area contributed by atoms with E-state index in [9.17, 15) is 31.6 Å². The van der Waals surface area contributed by atoms with Gasteiger partial charge in [-0.05, 0) is 86.4 Å². The quantitative estimate of drug-likeness (QED) is 0.0786. The zero-order valence-corrected chi connectivity index (χ0v) is 26.6. The van der Waals surface area contributed by atoms with E-state index in [-0.39, 0.29) is 0 Å². The van der Waals surface area contributed by atoms with Gasteiger partial charge in [0, 0.05) is 32.5 Å². The number of nitriles is 1. The van der Waals surface area contributed by atoms with E-state index < -0.39 is 23.5 Å². The highest BCUT2D eigenvalue weighted by Crippen LogP contribution is 2.43. The van der Waals surface area contributed by atoms with Gasteiger partial charge in [0.1, 0.15) is 0 Å². The van der Waals surface area contributed by atoms with Gasteiger partial charge in [-0.3, -0.25) is 0 Å². The molecule has 0 saturated carbocycles. The predicted octanol–water partition coefficient (Wildman–Crippen LogP) is 11.3. The number of hydrogen-bond donors (Lipinski definition) is 0. The molecular formula is C42H20F6N4. The summed E-state index contributed by atoms with van der Waals surface area (Å²) in [7, 11) is 0. The lowest BCUT2D eigenvalue weighted by molar-refractivity contribution is -0.138. The monoisotopic (exact) mass is 694 g/mol. The fourth-order valence-corrected chi connectivity index (χ4v) is 7.15. The second kappa shape index (κ2) is 11.9. The van der Waals surface area contributed by atoms with Crippen LogP contribution in [-0.2, 0) is 12.4 Å². The summed E-state index contributed by atoms with van der Waals surface area (Å²) >= 11 is 0. The topological polar surface area (TPSA) is 52.9 Å². The molecule has 0 saturated heterocycles. The van der Waals surface area contributed by atoms with Crippen molar-refractivity contribution in [2.45, 2.75) is 12.4 Å². The summed E-state index contributed by atoms with van der Waals surface area (Å²) < 4.78 is 81.6. The first-order valence-corrected chi connectivity index (χ1v) is 15.8. The minimum atomic E-state index is -4.53. The average molecular weight is 695 g/mol. The standard InChI is InChI=1S/C42H20F6N4/c1-50-52-40-33-19-26(24-9-5-11-28(17-24)41(43,44)45)13-15-30(33)32-21-35-37(36(38(32)40)23-7-3-2-4-8-23)31-16-14-27(20-34(31)39(35)51-22-49)25-10-6-12-29(18-25)42(46,47)48/h2-21H. The van der Waals surface area contributed by atoms with Gasteiger partial charge in [0.25, 0.3) is 0 Å². The molecule has 250 valence electrons. The first kappa shape index (κ1) is 32.4. The Morgan fingerprint density at radius 1 is 0.500 bits per heavy atom. The molecule has 0 radical (unpaired) electrons. The second-order valence-electron chi connectivity index (χ2n) is 12.2. The molecule has 4 nitrogen and oxygen atoms in total. The van der Waals surface area contributed by atoms with Crippen molar-refractivity contribution in [2.75, 3.05) is 0 Å². The largest absolute Gasteiger partial charge is 0.416 e. The second-order valence-corrected chi connectivity index (χ2v) is 12.2. The fraction of sp³-hybridized carbons (Fsp3) is 0.0476. The van der Waals surface area contributed by atoms with Gasteiger partial charge in [-0.15, -0.1) is 4.95 Å². The van der Waals surface area contributed by atoms with Crippen LogP contribution in [0.3, 0.4) is 0 Å². The molecule has 8 aromatic rings. The molecule has 0 fully saturated rings. The van der Waals surface area contributed by atoms with E-state index in [1.165, 1.54) is 12.1 Å². The molecule has 0 unspecified atom stereocenters. The SMILES string of the molecule is [C-]#[N+]N=c1c2cc(-c3cccc(C(F)(F)F)c3)ccc2c2cc3c(=NC#N)c4cc(-c5cccc(C(F)(F)F)c5)ccc4c3c(-c3ccccc3)c12. The first-order chi connectivity index (χ1) is 25.0. The van der Waals surface area contributed by atoms with Gasteiger partial charge in [0.05, 0.1) is 21.6 Å². The van der Waals surface area contributed by atoms with Crippen molar-refractivity contribution in [3.8, 4) is 39.6 Å². The van der Waals surface area contributed by atoms with Crippen LogP contribution in [-0.4, -0.2) is 0 Å². The third-order valence-electron chi connectivity index (χ3n) is 9.35. The van der Waals surface area contributed by atoms with Crippen molar-refractivity contribution in [3.63, 3.8) is 0 Å². The number of benzene rings is 6. The summed E-state index contributed by atoms with van der Waals surface area (Å²) in [6.07, 6.45) is -7.17. The van der Waals surface area contributed by atoms with Gasteiger partial charge in [-0.25, -0.2) is 0 Å². The maximum Gasteiger partial charge on any atom is 0.416 e. The number of halogens is 6. The average Bonchev–Trinajstić information content (AvgIpc) is 3.62. The summed E-state index contributed by atoms with van der Waals surface area (Å²) in [4.78, 5) is 7.62. The van der Waals surface area contributed by atoms with Crippen LogP contribution in [0.1, 0.15) is 11.1 Å². The molecule has 0 aliphatic rings. The van der Waals surface area contributed by atoms with Gasteiger partial charge in [0.2, 0.25) is 6.19 Å². The molecule has 0 amide bonds. The molecule has 0 aliphatic heterocycles. The Morgan fingerprint density at radius 3 is 1.60 bits per heavy atom. The minimum absolute atomic E-state index is 0.332. The lowest BCUT2D eigenvalue weighted by Gasteiger charge is -2.10. The van der Waals surface area contributed by atoms with Crippen molar-refractivity contribution in [2.24, 2.45) is 10.1 Å². The van der Waals surface area contributed by atoms with Crippen LogP contribution < -0.4 is 10.7 Å². The van der Waals surface area contributed by atoms with E-state index in [0.29, 0.717) is 81.6 Å². The molecule has 0 aromatic heterocycles. The Hall–Kier alpha value is -6.78. The van der Waals surface area contributed by atoms with Crippen LogP contribution in [0.2, 0.25) is 0 Å². The van der Waals surface area contributed by atoms with Gasteiger partial charge >= 0.3 is 12.4 Å². The highest BCUT2D eigenvalue weighted by atomic mass is 19.4. The van der Waals surface area contributed by atoms with Crippen LogP contribution in [0.4, 0.5) is 26.3 Å². The highest BCUT2D eigenvalue weighted by Gasteiger charge is 2.31. The molecule has 0 atom stereocenters. The summed E-state index contributed by atoms with van der Waals surface area (Å²) in [5, 5.41) is 19.9. The Bertz CT molecular complexity index is 2890. The molecule has 0 aliphatic carbocycles. The summed E-state index contributed by atoms with van der Waals surface area (Å²) in [5.74, 6) is 0. The van der Waals surface area contributed by atoms with Gasteiger partial charge in [0.15, 0.2) is 5.36 Å². The molecule has 0 spiro atoms. The van der Waals surface area contributed by atoms with E-state index in [4.69, 9.17) is 6.57 Å². The van der Waals surface area contributed by atoms with Crippen LogP contribution in [0, 0.1) is 18.0 Å². The van der Waals surface area contributed by atoms with Crippen molar-refractivity contribution >= 4 is 43.1 Å². The maximum absolute atomic E-state index is 13.6. The molecular weight excluding hydrogens is 674 g/mol. The van der Waals surface area contributed by atoms with Crippen LogP contribution in [0.25, 0.3) is 81.4 Å². The predicted molar refractivity (Wildman–Crippen MR) is 188 cm³/mol. The van der Waals surface area contributed by atoms with E-state index >= 15 is 0 Å². The summed E-state index contributed by atoms with van der Waals surface area (Å²) in [6.45, 7) is 7.74. The van der Waals surface area contributed by atoms with Gasteiger partial charge < -0.3 is 0 Å². The van der Waals surface area contributed by atoms with E-state index in [1.807, 2.05) is 42.6 Å². The van der Waals surface area contributed by atoms with Crippen LogP contribution in [0.15, 0.2) is 131 Å². The molecule has 52 heavy (non-hydrogen) atoms. The zero-order chi connectivity index (χ0) is 36.4. The molecule has 8 aromatic carbocycles. The lowest BCUT2D eigenvalue weighted by atomic mass is 9.94. The zero-order valence-electron chi connectivity index (χ0n) is 26.6. The normalized spacial score (nSPS) is 13.0. The van der Waals surface area contributed by atoms with Crippen molar-refractivity contribution in [1.29, 1.82) is 5.26 Å². The van der Waals surface area contributed by atoms with Crippen molar-refractivity contribution in [3.05, 3.63) is 155 Å². The number of rotatable bonds is 3. The summed E-state index contributed by atoms with van der Waals surface area (Å²) in [6, 6.07) is 31.7. The number of alkyl halides is 6. The summed E-state index contributed by atoms with van der Waals surface area (Å²) in [5.41, 5.74) is 1.58. The molecule has 8 rings (SSSR count). The first-order valence-electron chi connectivity index (χ1n) is 15.8. The Balaban J connectivity index is 1.49. The van der Waals surface area contributed by atoms with E-state index in [0.717, 1.165) is 29.8 Å². The van der Waals surface area contributed by atoms with Crippen molar-refractivity contribution in [1.82, 2.24) is 0 Å². The van der Waals surface area contributed by atoms with E-state index in [2.05, 4.69) is 15.0 Å². The Morgan fingerprint density at radius 2 is 1.04 bits per heavy atom. The Labute approximate surface area is 291 Å². The van der Waals surface area contributed by atoms with Crippen LogP contribution in [0.5, 0.6) is 0 Å². The number of fused-ring (bicyclic) bond motifs is 6. The molecule has 0 N–H and O–H groups in total. The fourth-order valence-electron chi connectivity index (χ4n) is 7.15. The highest BCUT2D eigenvalue weighted by molar-refractivity contribution is 6.29. The number of hydrogen-bond acceptors (Lipinski definition) is 3. The molecule has 10 heteroatoms. The lowest BCUT2D eigenvalue weighted by Crippen LogP contribution is -2.04. The third-order valence-corrected chi connectivity index (χ3v) is 9.35. The molecule has 0 heterocycles. The van der Waals surface area contributed by atoms with Gasteiger partial charge in [-0.2, -0.15) is 43.2 Å². The minimum Gasteiger partial charge on any atom is -0.181 e.